The number of aromatic hydroxyl groups is 1. The van der Waals surface area contributed by atoms with Gasteiger partial charge in [-0.05, 0) is 41.5 Å². The number of aromatic nitrogens is 1. The number of ether oxygens (including phenoxy) is 2. The first-order chi connectivity index (χ1) is 16.2. The first-order valence-electron chi connectivity index (χ1n) is 10.2. The van der Waals surface area contributed by atoms with Crippen LogP contribution in [0.5, 0.6) is 17.2 Å². The molecule has 0 fully saturated rings. The molecule has 0 aliphatic heterocycles. The number of methoxy groups -OCH3 is 2. The molecule has 34 heavy (non-hydrogen) atoms. The third-order valence-corrected chi connectivity index (χ3v) is 5.18. The van der Waals surface area contributed by atoms with Crippen molar-refractivity contribution in [2.45, 2.75) is 12.5 Å². The fourth-order valence-electron chi connectivity index (χ4n) is 3.43. The van der Waals surface area contributed by atoms with Gasteiger partial charge in [-0.15, -0.1) is 0 Å². The van der Waals surface area contributed by atoms with E-state index in [0.717, 1.165) is 5.56 Å². The summed E-state index contributed by atoms with van der Waals surface area (Å²) in [6, 6.07) is 11.8. The molecular formula is C24H25N3O7. The van der Waals surface area contributed by atoms with Crippen molar-refractivity contribution in [1.29, 1.82) is 0 Å². The highest BCUT2D eigenvalue weighted by atomic mass is 16.5. The summed E-state index contributed by atoms with van der Waals surface area (Å²) in [6.07, 6.45) is 0.932. The van der Waals surface area contributed by atoms with Crippen LogP contribution in [0.3, 0.4) is 0 Å². The normalized spacial score (nSPS) is 11.4. The fraction of sp³-hybridized carbons (Fsp3) is 0.208. The van der Waals surface area contributed by atoms with Crippen molar-refractivity contribution in [2.75, 3.05) is 19.5 Å². The molecule has 10 heteroatoms. The van der Waals surface area contributed by atoms with Crippen LogP contribution in [0.25, 0.3) is 11.1 Å². The molecule has 1 heterocycles. The van der Waals surface area contributed by atoms with Crippen LogP contribution in [0.1, 0.15) is 18.0 Å². The number of benzene rings is 2. The molecule has 0 bridgehead atoms. The molecule has 4 N–H and O–H groups in total. The second kappa shape index (κ2) is 10.4. The standard InChI is InChI=1S/C24H25N3O7/c1-27-10-9-19(28)22(23(27)31)26-24(32)25-18(13-21(29)30)15-7-8-20(34-3)17(12-15)14-5-4-6-16(11-14)33-2/h4-12,18,28H,13H2,1-3H3,(H,29,30)(H2,25,26,32). The molecule has 0 aliphatic rings. The van der Waals surface area contributed by atoms with E-state index in [9.17, 15) is 24.6 Å². The molecule has 10 nitrogen and oxygen atoms in total. The number of pyridine rings is 1. The van der Waals surface area contributed by atoms with Crippen LogP contribution < -0.4 is 25.7 Å². The van der Waals surface area contributed by atoms with Crippen LogP contribution in [0.4, 0.5) is 10.5 Å². The molecule has 0 spiro atoms. The van der Waals surface area contributed by atoms with Crippen molar-refractivity contribution in [1.82, 2.24) is 9.88 Å². The van der Waals surface area contributed by atoms with Gasteiger partial charge in [-0.2, -0.15) is 0 Å². The van der Waals surface area contributed by atoms with Crippen LogP contribution in [0.2, 0.25) is 0 Å². The Kier molecular flexibility index (Phi) is 7.42. The lowest BCUT2D eigenvalue weighted by Crippen LogP contribution is -2.36. The average Bonchev–Trinajstić information content (AvgIpc) is 2.83. The number of rotatable bonds is 8. The van der Waals surface area contributed by atoms with E-state index >= 15 is 0 Å². The first-order valence-corrected chi connectivity index (χ1v) is 10.2. The van der Waals surface area contributed by atoms with Crippen molar-refractivity contribution in [2.24, 2.45) is 7.05 Å². The minimum atomic E-state index is -1.14. The topological polar surface area (TPSA) is 139 Å². The van der Waals surface area contributed by atoms with Gasteiger partial charge < -0.3 is 34.9 Å². The number of carbonyl (C=O) groups is 2. The zero-order valence-electron chi connectivity index (χ0n) is 18.9. The summed E-state index contributed by atoms with van der Waals surface area (Å²) in [4.78, 5) is 36.4. The van der Waals surface area contributed by atoms with Gasteiger partial charge in [-0.25, -0.2) is 4.79 Å². The predicted molar refractivity (Wildman–Crippen MR) is 125 cm³/mol. The Morgan fingerprint density at radius 1 is 1.09 bits per heavy atom. The van der Waals surface area contributed by atoms with Crippen molar-refractivity contribution < 1.29 is 29.3 Å². The molecule has 1 atom stereocenters. The Bertz CT molecular complexity index is 1270. The van der Waals surface area contributed by atoms with E-state index in [1.807, 2.05) is 18.2 Å². The number of carboxylic acids is 1. The maximum absolute atomic E-state index is 12.6. The number of nitrogens with zero attached hydrogens (tertiary/aromatic N) is 1. The van der Waals surface area contributed by atoms with Crippen molar-refractivity contribution in [3.05, 3.63) is 70.6 Å². The third-order valence-electron chi connectivity index (χ3n) is 5.18. The number of aryl methyl sites for hydroxylation is 1. The fourth-order valence-corrected chi connectivity index (χ4v) is 3.43. The van der Waals surface area contributed by atoms with Gasteiger partial charge in [0, 0.05) is 18.8 Å². The Morgan fingerprint density at radius 2 is 1.85 bits per heavy atom. The first kappa shape index (κ1) is 24.2. The van der Waals surface area contributed by atoms with Crippen LogP contribution in [-0.2, 0) is 11.8 Å². The number of amides is 2. The molecule has 1 aromatic heterocycles. The van der Waals surface area contributed by atoms with Crippen LogP contribution in [0.15, 0.2) is 59.5 Å². The Hall–Kier alpha value is -4.47. The van der Waals surface area contributed by atoms with Gasteiger partial charge in [0.05, 0.1) is 26.7 Å². The smallest absolute Gasteiger partial charge is 0.319 e. The van der Waals surface area contributed by atoms with Crippen LogP contribution >= 0.6 is 0 Å². The summed E-state index contributed by atoms with van der Waals surface area (Å²) in [5.74, 6) is -0.359. The van der Waals surface area contributed by atoms with E-state index in [0.29, 0.717) is 22.6 Å². The molecule has 0 aliphatic carbocycles. The van der Waals surface area contributed by atoms with Crippen molar-refractivity contribution >= 4 is 17.7 Å². The van der Waals surface area contributed by atoms with Crippen molar-refractivity contribution in [3.63, 3.8) is 0 Å². The average molecular weight is 467 g/mol. The second-order valence-electron chi connectivity index (χ2n) is 7.43. The molecular weight excluding hydrogens is 442 g/mol. The summed E-state index contributed by atoms with van der Waals surface area (Å²) in [5, 5.41) is 24.3. The monoisotopic (exact) mass is 467 g/mol. The van der Waals surface area contributed by atoms with Gasteiger partial charge in [-0.3, -0.25) is 9.59 Å². The van der Waals surface area contributed by atoms with E-state index in [-0.39, 0.29) is 5.69 Å². The number of carbonyl (C=O) groups excluding carboxylic acids is 1. The summed E-state index contributed by atoms with van der Waals surface area (Å²) in [5.41, 5.74) is 1.01. The Morgan fingerprint density at radius 3 is 2.53 bits per heavy atom. The highest BCUT2D eigenvalue weighted by molar-refractivity contribution is 5.91. The number of urea groups is 1. The Balaban J connectivity index is 1.95. The molecule has 178 valence electrons. The summed E-state index contributed by atoms with van der Waals surface area (Å²) in [6.45, 7) is 0. The summed E-state index contributed by atoms with van der Waals surface area (Å²) >= 11 is 0. The lowest BCUT2D eigenvalue weighted by Gasteiger charge is -2.20. The lowest BCUT2D eigenvalue weighted by atomic mass is 9.96. The van der Waals surface area contributed by atoms with Gasteiger partial charge in [0.2, 0.25) is 0 Å². The summed E-state index contributed by atoms with van der Waals surface area (Å²) < 4.78 is 11.9. The largest absolute Gasteiger partial charge is 0.505 e. The molecule has 2 aromatic carbocycles. The van der Waals surface area contributed by atoms with E-state index in [2.05, 4.69) is 10.6 Å². The van der Waals surface area contributed by atoms with Crippen molar-refractivity contribution in [3.8, 4) is 28.4 Å². The SMILES string of the molecule is COc1cccc(-c2cc(C(CC(=O)O)NC(=O)Nc3c(O)ccn(C)c3=O)ccc2OC)c1. The number of anilines is 1. The number of hydrogen-bond donors (Lipinski definition) is 4. The van der Waals surface area contributed by atoms with E-state index in [1.54, 1.807) is 31.4 Å². The van der Waals surface area contributed by atoms with Crippen LogP contribution in [-0.4, -0.2) is 41.0 Å². The minimum Gasteiger partial charge on any atom is -0.505 e. The Labute approximate surface area is 195 Å². The molecule has 3 rings (SSSR count). The van der Waals surface area contributed by atoms with Crippen LogP contribution in [0, 0.1) is 0 Å². The molecule has 2 amide bonds. The highest BCUT2D eigenvalue weighted by Gasteiger charge is 2.21. The van der Waals surface area contributed by atoms with Gasteiger partial charge in [0.1, 0.15) is 17.2 Å². The molecule has 3 aromatic rings. The van der Waals surface area contributed by atoms with Gasteiger partial charge >= 0.3 is 12.0 Å². The maximum Gasteiger partial charge on any atom is 0.319 e. The number of nitrogens with one attached hydrogen (secondary N) is 2. The molecule has 1 unspecified atom stereocenters. The maximum atomic E-state index is 12.6. The lowest BCUT2D eigenvalue weighted by molar-refractivity contribution is -0.137. The van der Waals surface area contributed by atoms with Gasteiger partial charge in [0.15, 0.2) is 5.69 Å². The predicted octanol–water partition coefficient (Wildman–Crippen LogP) is 3.11. The number of hydrogen-bond acceptors (Lipinski definition) is 6. The zero-order valence-corrected chi connectivity index (χ0v) is 18.9. The molecule has 0 saturated carbocycles. The quantitative estimate of drug-likeness (QED) is 0.399. The molecule has 0 saturated heterocycles. The second-order valence-corrected chi connectivity index (χ2v) is 7.43. The molecule has 0 radical (unpaired) electrons. The third kappa shape index (κ3) is 5.47. The van der Waals surface area contributed by atoms with E-state index in [1.165, 1.54) is 31.0 Å². The highest BCUT2D eigenvalue weighted by Crippen LogP contribution is 2.35. The minimum absolute atomic E-state index is 0.316. The van der Waals surface area contributed by atoms with Gasteiger partial charge in [-0.1, -0.05) is 18.2 Å². The zero-order chi connectivity index (χ0) is 24.8. The number of carboxylic acid groups (broad SMARTS) is 1. The number of aliphatic carboxylic acids is 1. The van der Waals surface area contributed by atoms with E-state index in [4.69, 9.17) is 9.47 Å². The van der Waals surface area contributed by atoms with Gasteiger partial charge in [0.25, 0.3) is 5.56 Å². The van der Waals surface area contributed by atoms with E-state index < -0.39 is 35.8 Å². The summed E-state index contributed by atoms with van der Waals surface area (Å²) in [7, 11) is 4.54.